The van der Waals surface area contributed by atoms with Gasteiger partial charge in [0.25, 0.3) is 0 Å². The third-order valence-electron chi connectivity index (χ3n) is 3.50. The Balaban J connectivity index is 1.75. The van der Waals surface area contributed by atoms with Crippen molar-refractivity contribution in [2.24, 2.45) is 0 Å². The summed E-state index contributed by atoms with van der Waals surface area (Å²) >= 11 is 11.4. The fourth-order valence-corrected chi connectivity index (χ4v) is 2.84. The van der Waals surface area contributed by atoms with E-state index in [1.807, 2.05) is 0 Å². The van der Waals surface area contributed by atoms with Crippen LogP contribution < -0.4 is 5.32 Å². The molecule has 2 atom stereocenters. The molecule has 2 heterocycles. The van der Waals surface area contributed by atoms with Crippen LogP contribution in [0.3, 0.4) is 0 Å². The molecule has 86 valence electrons. The summed E-state index contributed by atoms with van der Waals surface area (Å²) in [5.41, 5.74) is 1.44. The van der Waals surface area contributed by atoms with E-state index in [1.54, 1.807) is 0 Å². The van der Waals surface area contributed by atoms with E-state index in [9.17, 15) is 0 Å². The first-order valence-electron chi connectivity index (χ1n) is 5.72. The molecule has 0 aromatic rings. The molecule has 2 saturated heterocycles. The zero-order valence-electron chi connectivity index (χ0n) is 8.88. The van der Waals surface area contributed by atoms with Gasteiger partial charge in [-0.15, -0.1) is 0 Å². The van der Waals surface area contributed by atoms with Gasteiger partial charge in [-0.25, -0.2) is 0 Å². The lowest BCUT2D eigenvalue weighted by molar-refractivity contribution is 0.169. The predicted molar refractivity (Wildman–Crippen MR) is 65.4 cm³/mol. The predicted octanol–water partition coefficient (Wildman–Crippen LogP) is 2.52. The lowest BCUT2D eigenvalue weighted by Crippen LogP contribution is -2.45. The number of fused-ring (bicyclic) bond motifs is 1. The summed E-state index contributed by atoms with van der Waals surface area (Å²) in [6.07, 6.45) is 5.26. The van der Waals surface area contributed by atoms with Crippen LogP contribution in [0.15, 0.2) is 10.6 Å². The molecule has 2 unspecified atom stereocenters. The van der Waals surface area contributed by atoms with Gasteiger partial charge in [-0.1, -0.05) is 23.2 Å². The van der Waals surface area contributed by atoms with Crippen LogP contribution in [0.25, 0.3) is 0 Å². The summed E-state index contributed by atoms with van der Waals surface area (Å²) in [6, 6.07) is 1.43. The molecule has 0 amide bonds. The molecular weight excluding hydrogens is 231 g/mol. The molecule has 0 aromatic carbocycles. The van der Waals surface area contributed by atoms with Crippen LogP contribution in [0, 0.1) is 0 Å². The van der Waals surface area contributed by atoms with Crippen molar-refractivity contribution < 1.29 is 0 Å². The molecule has 0 aromatic heterocycles. The number of nitrogens with zero attached hydrogens (tertiary/aromatic N) is 1. The van der Waals surface area contributed by atoms with Crippen LogP contribution in [0.1, 0.15) is 25.7 Å². The van der Waals surface area contributed by atoms with Crippen molar-refractivity contribution in [2.75, 3.05) is 19.6 Å². The Morgan fingerprint density at radius 2 is 2.27 bits per heavy atom. The minimum atomic E-state index is 0.620. The molecule has 0 aliphatic carbocycles. The second-order valence-electron chi connectivity index (χ2n) is 4.49. The number of piperidine rings is 1. The highest BCUT2D eigenvalue weighted by molar-refractivity contribution is 6.36. The lowest BCUT2D eigenvalue weighted by atomic mass is 9.98. The van der Waals surface area contributed by atoms with Crippen molar-refractivity contribution in [2.45, 2.75) is 37.8 Å². The van der Waals surface area contributed by atoms with Gasteiger partial charge in [0.2, 0.25) is 0 Å². The van der Waals surface area contributed by atoms with Crippen molar-refractivity contribution >= 4 is 23.2 Å². The van der Waals surface area contributed by atoms with Gasteiger partial charge in [0.05, 0.1) is 0 Å². The summed E-state index contributed by atoms with van der Waals surface area (Å²) in [5, 5.41) is 4.17. The average Bonchev–Trinajstić information content (AvgIpc) is 2.72. The quantitative estimate of drug-likeness (QED) is 0.826. The summed E-state index contributed by atoms with van der Waals surface area (Å²) in [6.45, 7) is 3.26. The Hall–Kier alpha value is 0.240. The molecule has 2 aliphatic rings. The van der Waals surface area contributed by atoms with E-state index in [-0.39, 0.29) is 0 Å². The standard InChI is InChI=1S/C11H18Cl2N2/c12-7-9(13)8-14-10-3-5-15-4-1-2-11(15)6-10/h7,10-11,14H,1-6,8H2/b9-7+. The normalized spacial score (nSPS) is 33.1. The van der Waals surface area contributed by atoms with E-state index in [0.717, 1.165) is 6.04 Å². The van der Waals surface area contributed by atoms with Gasteiger partial charge in [0.15, 0.2) is 0 Å². The van der Waals surface area contributed by atoms with Crippen LogP contribution in [0.5, 0.6) is 0 Å². The van der Waals surface area contributed by atoms with E-state index in [1.165, 1.54) is 44.3 Å². The second-order valence-corrected chi connectivity index (χ2v) is 5.19. The Bertz CT molecular complexity index is 243. The number of hydrogen-bond acceptors (Lipinski definition) is 2. The molecule has 2 rings (SSSR count). The largest absolute Gasteiger partial charge is 0.309 e. The number of hydrogen-bond donors (Lipinski definition) is 1. The molecule has 1 N–H and O–H groups in total. The van der Waals surface area contributed by atoms with Gasteiger partial charge in [-0.3, -0.25) is 0 Å². The van der Waals surface area contributed by atoms with Crippen molar-refractivity contribution in [3.63, 3.8) is 0 Å². The fourth-order valence-electron chi connectivity index (χ4n) is 2.69. The maximum atomic E-state index is 5.85. The fraction of sp³-hybridized carbons (Fsp3) is 0.818. The van der Waals surface area contributed by atoms with E-state index >= 15 is 0 Å². The summed E-state index contributed by atoms with van der Waals surface area (Å²) < 4.78 is 0. The highest BCUT2D eigenvalue weighted by Gasteiger charge is 2.31. The minimum absolute atomic E-state index is 0.620. The molecule has 15 heavy (non-hydrogen) atoms. The highest BCUT2D eigenvalue weighted by atomic mass is 35.5. The van der Waals surface area contributed by atoms with E-state index < -0.39 is 0 Å². The number of halogens is 2. The van der Waals surface area contributed by atoms with Crippen molar-refractivity contribution in [1.82, 2.24) is 10.2 Å². The zero-order valence-corrected chi connectivity index (χ0v) is 10.4. The van der Waals surface area contributed by atoms with Crippen LogP contribution in [0.2, 0.25) is 0 Å². The minimum Gasteiger partial charge on any atom is -0.309 e. The van der Waals surface area contributed by atoms with E-state index in [2.05, 4.69) is 10.2 Å². The molecule has 2 nitrogen and oxygen atoms in total. The smallest absolute Gasteiger partial charge is 0.0431 e. The first-order chi connectivity index (χ1) is 7.29. The topological polar surface area (TPSA) is 15.3 Å². The summed E-state index contributed by atoms with van der Waals surface area (Å²) in [4.78, 5) is 2.62. The third kappa shape index (κ3) is 3.10. The maximum absolute atomic E-state index is 5.85. The molecule has 0 bridgehead atoms. The molecule has 0 saturated carbocycles. The van der Waals surface area contributed by atoms with Crippen LogP contribution in [0.4, 0.5) is 0 Å². The Morgan fingerprint density at radius 3 is 3.07 bits per heavy atom. The molecule has 2 fully saturated rings. The average molecular weight is 249 g/mol. The van der Waals surface area contributed by atoms with Gasteiger partial charge < -0.3 is 10.2 Å². The van der Waals surface area contributed by atoms with Crippen molar-refractivity contribution in [3.8, 4) is 0 Å². The van der Waals surface area contributed by atoms with Crippen molar-refractivity contribution in [1.29, 1.82) is 0 Å². The number of nitrogens with one attached hydrogen (secondary N) is 1. The van der Waals surface area contributed by atoms with Gasteiger partial charge >= 0.3 is 0 Å². The van der Waals surface area contributed by atoms with Gasteiger partial charge in [-0.2, -0.15) is 0 Å². The maximum Gasteiger partial charge on any atom is 0.0431 e. The van der Waals surface area contributed by atoms with Crippen molar-refractivity contribution in [3.05, 3.63) is 10.6 Å². The molecule has 4 heteroatoms. The van der Waals surface area contributed by atoms with E-state index in [0.29, 0.717) is 17.6 Å². The van der Waals surface area contributed by atoms with Crippen LogP contribution >= 0.6 is 23.2 Å². The van der Waals surface area contributed by atoms with E-state index in [4.69, 9.17) is 23.2 Å². The first-order valence-corrected chi connectivity index (χ1v) is 6.53. The van der Waals surface area contributed by atoms with Crippen LogP contribution in [-0.2, 0) is 0 Å². The van der Waals surface area contributed by atoms with Gasteiger partial charge in [0, 0.05) is 29.2 Å². The Morgan fingerprint density at radius 1 is 1.40 bits per heavy atom. The van der Waals surface area contributed by atoms with Gasteiger partial charge in [0.1, 0.15) is 0 Å². The first kappa shape index (κ1) is 11.7. The zero-order chi connectivity index (χ0) is 10.7. The molecule has 2 aliphatic heterocycles. The highest BCUT2D eigenvalue weighted by Crippen LogP contribution is 2.26. The monoisotopic (exact) mass is 248 g/mol. The summed E-state index contributed by atoms with van der Waals surface area (Å²) in [7, 11) is 0. The molecular formula is C11H18Cl2N2. The number of rotatable bonds is 3. The summed E-state index contributed by atoms with van der Waals surface area (Å²) in [5.74, 6) is 0. The molecule has 0 radical (unpaired) electrons. The second kappa shape index (κ2) is 5.53. The Labute approximate surface area is 102 Å². The lowest BCUT2D eigenvalue weighted by Gasteiger charge is -2.35. The van der Waals surface area contributed by atoms with Crippen LogP contribution in [-0.4, -0.2) is 36.6 Å². The van der Waals surface area contributed by atoms with Gasteiger partial charge in [-0.05, 0) is 38.8 Å². The molecule has 0 spiro atoms. The SMILES string of the molecule is Cl/C=C(/Cl)CNC1CCN2CCCC2C1. The Kier molecular flexibility index (Phi) is 4.32. The third-order valence-corrected chi connectivity index (χ3v) is 4.12.